The van der Waals surface area contributed by atoms with Crippen LogP contribution >= 0.6 is 0 Å². The summed E-state index contributed by atoms with van der Waals surface area (Å²) in [5.74, 6) is 0.771. The summed E-state index contributed by atoms with van der Waals surface area (Å²) in [6, 6.07) is 15.3. The van der Waals surface area contributed by atoms with Crippen molar-refractivity contribution < 1.29 is 9.21 Å². The molecular formula is C18H15N3O2. The van der Waals surface area contributed by atoms with Crippen LogP contribution in [0.25, 0.3) is 22.0 Å². The molecule has 2 N–H and O–H groups in total. The van der Waals surface area contributed by atoms with Crippen LogP contribution in [-0.2, 0) is 6.42 Å². The smallest absolute Gasteiger partial charge is 0.251 e. The highest BCUT2D eigenvalue weighted by atomic mass is 16.3. The van der Waals surface area contributed by atoms with Gasteiger partial charge in [0.1, 0.15) is 11.3 Å². The van der Waals surface area contributed by atoms with Gasteiger partial charge in [0.2, 0.25) is 0 Å². The van der Waals surface area contributed by atoms with E-state index in [9.17, 15) is 4.79 Å². The van der Waals surface area contributed by atoms with E-state index in [1.54, 1.807) is 18.5 Å². The van der Waals surface area contributed by atoms with Gasteiger partial charge in [0.25, 0.3) is 5.91 Å². The second-order valence-electron chi connectivity index (χ2n) is 5.39. The molecule has 0 aliphatic rings. The van der Waals surface area contributed by atoms with Gasteiger partial charge >= 0.3 is 0 Å². The number of carbonyl (C=O) groups is 1. The van der Waals surface area contributed by atoms with Crippen LogP contribution in [0.1, 0.15) is 16.1 Å². The molecule has 0 atom stereocenters. The molecule has 5 nitrogen and oxygen atoms in total. The lowest BCUT2D eigenvalue weighted by Crippen LogP contribution is -2.25. The van der Waals surface area contributed by atoms with Gasteiger partial charge in [0.15, 0.2) is 0 Å². The van der Waals surface area contributed by atoms with Crippen molar-refractivity contribution in [3.8, 4) is 0 Å². The monoisotopic (exact) mass is 305 g/mol. The molecule has 0 saturated heterocycles. The van der Waals surface area contributed by atoms with Crippen molar-refractivity contribution in [2.75, 3.05) is 6.54 Å². The van der Waals surface area contributed by atoms with Crippen molar-refractivity contribution in [1.29, 1.82) is 0 Å². The SMILES string of the molecule is O=C(NCCc1cc2ccccc2o1)c1ccc2nc[nH]c2c1. The Kier molecular flexibility index (Phi) is 3.31. The van der Waals surface area contributed by atoms with Gasteiger partial charge in [-0.1, -0.05) is 18.2 Å². The third-order valence-electron chi connectivity index (χ3n) is 3.82. The molecule has 0 bridgehead atoms. The van der Waals surface area contributed by atoms with Crippen molar-refractivity contribution in [2.24, 2.45) is 0 Å². The lowest BCUT2D eigenvalue weighted by Gasteiger charge is -2.04. The highest BCUT2D eigenvalue weighted by molar-refractivity contribution is 5.97. The number of para-hydroxylation sites is 1. The van der Waals surface area contributed by atoms with E-state index in [1.807, 2.05) is 36.4 Å². The van der Waals surface area contributed by atoms with Gasteiger partial charge in [-0.15, -0.1) is 0 Å². The molecule has 23 heavy (non-hydrogen) atoms. The van der Waals surface area contributed by atoms with Crippen LogP contribution in [0.2, 0.25) is 0 Å². The van der Waals surface area contributed by atoms with E-state index in [-0.39, 0.29) is 5.91 Å². The second kappa shape index (κ2) is 5.61. The minimum Gasteiger partial charge on any atom is -0.461 e. The molecule has 2 heterocycles. The molecule has 0 saturated carbocycles. The van der Waals surface area contributed by atoms with Gasteiger partial charge < -0.3 is 14.7 Å². The van der Waals surface area contributed by atoms with Gasteiger partial charge in [-0.25, -0.2) is 4.98 Å². The summed E-state index contributed by atoms with van der Waals surface area (Å²) in [7, 11) is 0. The fourth-order valence-electron chi connectivity index (χ4n) is 2.64. The van der Waals surface area contributed by atoms with Crippen LogP contribution < -0.4 is 5.32 Å². The number of imidazole rings is 1. The van der Waals surface area contributed by atoms with Crippen molar-refractivity contribution >= 4 is 27.9 Å². The van der Waals surface area contributed by atoms with E-state index in [0.717, 1.165) is 27.8 Å². The first kappa shape index (κ1) is 13.6. The minimum atomic E-state index is -0.0994. The lowest BCUT2D eigenvalue weighted by molar-refractivity contribution is 0.0954. The summed E-state index contributed by atoms with van der Waals surface area (Å²) in [4.78, 5) is 19.3. The zero-order chi connectivity index (χ0) is 15.6. The molecule has 2 aromatic heterocycles. The van der Waals surface area contributed by atoms with Gasteiger partial charge in [-0.05, 0) is 30.3 Å². The number of hydrogen-bond acceptors (Lipinski definition) is 3. The summed E-state index contributed by atoms with van der Waals surface area (Å²) >= 11 is 0. The number of benzene rings is 2. The topological polar surface area (TPSA) is 70.9 Å². The molecule has 1 amide bonds. The largest absolute Gasteiger partial charge is 0.461 e. The molecule has 0 fully saturated rings. The fourth-order valence-corrected chi connectivity index (χ4v) is 2.64. The van der Waals surface area contributed by atoms with Crippen molar-refractivity contribution in [3.63, 3.8) is 0 Å². The number of furan rings is 1. The van der Waals surface area contributed by atoms with Crippen LogP contribution in [-0.4, -0.2) is 22.4 Å². The summed E-state index contributed by atoms with van der Waals surface area (Å²) in [5.41, 5.74) is 3.20. The zero-order valence-electron chi connectivity index (χ0n) is 12.4. The maximum absolute atomic E-state index is 12.2. The number of hydrogen-bond donors (Lipinski definition) is 2. The van der Waals surface area contributed by atoms with E-state index in [2.05, 4.69) is 15.3 Å². The highest BCUT2D eigenvalue weighted by Crippen LogP contribution is 2.18. The zero-order valence-corrected chi connectivity index (χ0v) is 12.4. The van der Waals surface area contributed by atoms with Gasteiger partial charge in [0.05, 0.1) is 17.4 Å². The molecule has 0 unspecified atom stereocenters. The predicted molar refractivity (Wildman–Crippen MR) is 88.3 cm³/mol. The number of aromatic nitrogens is 2. The maximum atomic E-state index is 12.2. The molecule has 0 aliphatic carbocycles. The Hall–Kier alpha value is -3.08. The fraction of sp³-hybridized carbons (Fsp3) is 0.111. The van der Waals surface area contributed by atoms with E-state index in [4.69, 9.17) is 4.42 Å². The Labute approximate surface area is 132 Å². The number of nitrogens with zero attached hydrogens (tertiary/aromatic N) is 1. The highest BCUT2D eigenvalue weighted by Gasteiger charge is 2.08. The third-order valence-corrected chi connectivity index (χ3v) is 3.82. The van der Waals surface area contributed by atoms with Crippen molar-refractivity contribution in [2.45, 2.75) is 6.42 Å². The normalized spacial score (nSPS) is 11.1. The molecule has 0 spiro atoms. The summed E-state index contributed by atoms with van der Waals surface area (Å²) in [6.45, 7) is 0.527. The molecule has 2 aromatic carbocycles. The average Bonchev–Trinajstić information content (AvgIpc) is 3.19. The Balaban J connectivity index is 1.40. The Morgan fingerprint density at radius 1 is 1.17 bits per heavy atom. The molecule has 4 aromatic rings. The number of rotatable bonds is 4. The minimum absolute atomic E-state index is 0.0994. The Morgan fingerprint density at radius 2 is 2.09 bits per heavy atom. The van der Waals surface area contributed by atoms with Gasteiger partial charge in [-0.3, -0.25) is 4.79 Å². The van der Waals surface area contributed by atoms with Crippen LogP contribution in [0.3, 0.4) is 0 Å². The molecule has 4 rings (SSSR count). The maximum Gasteiger partial charge on any atom is 0.251 e. The Bertz CT molecular complexity index is 951. The van der Waals surface area contributed by atoms with Crippen molar-refractivity contribution in [1.82, 2.24) is 15.3 Å². The molecule has 0 radical (unpaired) electrons. The predicted octanol–water partition coefficient (Wildman–Crippen LogP) is 3.28. The number of carbonyl (C=O) groups excluding carboxylic acids is 1. The van der Waals surface area contributed by atoms with Gasteiger partial charge in [-0.2, -0.15) is 0 Å². The molecular weight excluding hydrogens is 290 g/mol. The number of amides is 1. The Morgan fingerprint density at radius 3 is 3.00 bits per heavy atom. The summed E-state index contributed by atoms with van der Waals surface area (Å²) in [5, 5.41) is 4.00. The second-order valence-corrected chi connectivity index (χ2v) is 5.39. The standard InChI is InChI=1S/C18H15N3O2/c22-18(13-5-6-15-16(10-13)21-11-20-15)19-8-7-14-9-12-3-1-2-4-17(12)23-14/h1-6,9-11H,7-8H2,(H,19,22)(H,20,21). The molecule has 5 heteroatoms. The van der Waals surface area contributed by atoms with Crippen LogP contribution in [0.5, 0.6) is 0 Å². The first-order valence-electron chi connectivity index (χ1n) is 7.48. The quantitative estimate of drug-likeness (QED) is 0.608. The third kappa shape index (κ3) is 2.68. The summed E-state index contributed by atoms with van der Waals surface area (Å²) in [6.07, 6.45) is 2.28. The average molecular weight is 305 g/mol. The number of nitrogens with one attached hydrogen (secondary N) is 2. The lowest BCUT2D eigenvalue weighted by atomic mass is 10.2. The van der Waals surface area contributed by atoms with E-state index >= 15 is 0 Å². The first-order valence-corrected chi connectivity index (χ1v) is 7.48. The molecule has 114 valence electrons. The van der Waals surface area contributed by atoms with Crippen molar-refractivity contribution in [3.05, 3.63) is 66.2 Å². The van der Waals surface area contributed by atoms with E-state index in [0.29, 0.717) is 18.5 Å². The number of H-pyrrole nitrogens is 1. The van der Waals surface area contributed by atoms with Crippen LogP contribution in [0.15, 0.2) is 59.3 Å². The molecule has 0 aliphatic heterocycles. The first-order chi connectivity index (χ1) is 11.3. The van der Waals surface area contributed by atoms with Crippen LogP contribution in [0, 0.1) is 0 Å². The number of aromatic amines is 1. The van der Waals surface area contributed by atoms with Crippen LogP contribution in [0.4, 0.5) is 0 Å². The summed E-state index contributed by atoms with van der Waals surface area (Å²) < 4.78 is 5.74. The van der Waals surface area contributed by atoms with Gasteiger partial charge in [0, 0.05) is 23.9 Å². The van der Waals surface area contributed by atoms with E-state index < -0.39 is 0 Å². The number of fused-ring (bicyclic) bond motifs is 2. The van der Waals surface area contributed by atoms with E-state index in [1.165, 1.54) is 0 Å².